The number of nitrogens with zero attached hydrogens (tertiary/aromatic N) is 1. The predicted octanol–water partition coefficient (Wildman–Crippen LogP) is 3.99. The van der Waals surface area contributed by atoms with Gasteiger partial charge in [-0.25, -0.2) is 4.79 Å². The van der Waals surface area contributed by atoms with Crippen LogP contribution < -0.4 is 5.32 Å². The second kappa shape index (κ2) is 7.68. The van der Waals surface area contributed by atoms with E-state index in [2.05, 4.69) is 5.32 Å². The first-order chi connectivity index (χ1) is 10.9. The maximum atomic E-state index is 12.5. The van der Waals surface area contributed by atoms with Crippen LogP contribution in [-0.2, 0) is 10.9 Å². The molecular formula is C16H21F3N2O2. The summed E-state index contributed by atoms with van der Waals surface area (Å²) in [7, 11) is 0. The van der Waals surface area contributed by atoms with Gasteiger partial charge in [-0.15, -0.1) is 0 Å². The molecule has 0 atom stereocenters. The minimum atomic E-state index is -4.37. The van der Waals surface area contributed by atoms with E-state index >= 15 is 0 Å². The zero-order chi connectivity index (χ0) is 16.9. The molecule has 1 fully saturated rings. The Bertz CT molecular complexity index is 511. The molecule has 0 unspecified atom stereocenters. The molecule has 1 N–H and O–H groups in total. The monoisotopic (exact) mass is 330 g/mol. The van der Waals surface area contributed by atoms with Crippen molar-refractivity contribution in [2.75, 3.05) is 31.6 Å². The Labute approximate surface area is 133 Å². The van der Waals surface area contributed by atoms with Crippen molar-refractivity contribution in [1.29, 1.82) is 0 Å². The number of amides is 2. The molecular weight excluding hydrogens is 309 g/mol. The molecule has 0 aliphatic carbocycles. The lowest BCUT2D eigenvalue weighted by molar-refractivity contribution is -0.137. The molecule has 0 aromatic heterocycles. The van der Waals surface area contributed by atoms with Gasteiger partial charge in [-0.05, 0) is 49.9 Å². The summed E-state index contributed by atoms with van der Waals surface area (Å²) in [5.41, 5.74) is -0.376. The lowest BCUT2D eigenvalue weighted by Crippen LogP contribution is -2.39. The van der Waals surface area contributed by atoms with Gasteiger partial charge in [0.25, 0.3) is 0 Å². The Balaban J connectivity index is 1.93. The van der Waals surface area contributed by atoms with Crippen LogP contribution in [-0.4, -0.2) is 37.2 Å². The number of nitrogens with one attached hydrogen (secondary N) is 1. The second-order valence-electron chi connectivity index (χ2n) is 5.60. The number of rotatable bonds is 4. The molecule has 4 nitrogen and oxygen atoms in total. The first-order valence-corrected chi connectivity index (χ1v) is 7.71. The summed E-state index contributed by atoms with van der Waals surface area (Å²) in [6, 6.07) is 4.17. The lowest BCUT2D eigenvalue weighted by Gasteiger charge is -2.29. The number of ether oxygens (including phenoxy) is 1. The van der Waals surface area contributed by atoms with E-state index in [4.69, 9.17) is 4.74 Å². The van der Waals surface area contributed by atoms with Gasteiger partial charge in [-0.1, -0.05) is 0 Å². The van der Waals surface area contributed by atoms with Crippen molar-refractivity contribution in [1.82, 2.24) is 4.90 Å². The molecule has 0 saturated carbocycles. The van der Waals surface area contributed by atoms with E-state index in [1.165, 1.54) is 12.1 Å². The second-order valence-corrected chi connectivity index (χ2v) is 5.60. The highest BCUT2D eigenvalue weighted by Crippen LogP contribution is 2.29. The highest BCUT2D eigenvalue weighted by Gasteiger charge is 2.30. The minimum absolute atomic E-state index is 0.293. The summed E-state index contributed by atoms with van der Waals surface area (Å²) >= 11 is 0. The van der Waals surface area contributed by atoms with E-state index in [1.54, 1.807) is 4.90 Å². The summed E-state index contributed by atoms with van der Waals surface area (Å²) in [4.78, 5) is 13.9. The number of benzene rings is 1. The zero-order valence-corrected chi connectivity index (χ0v) is 13.0. The van der Waals surface area contributed by atoms with Crippen LogP contribution in [0, 0.1) is 5.92 Å². The van der Waals surface area contributed by atoms with Crippen molar-refractivity contribution in [3.05, 3.63) is 29.8 Å². The third-order valence-electron chi connectivity index (χ3n) is 3.95. The van der Waals surface area contributed by atoms with Gasteiger partial charge in [0.1, 0.15) is 0 Å². The molecule has 1 aromatic rings. The molecule has 0 spiro atoms. The van der Waals surface area contributed by atoms with Gasteiger partial charge in [0.05, 0.1) is 5.56 Å². The lowest BCUT2D eigenvalue weighted by atomic mass is 10.00. The summed E-state index contributed by atoms with van der Waals surface area (Å²) in [5, 5.41) is 2.65. The van der Waals surface area contributed by atoms with Crippen molar-refractivity contribution in [2.45, 2.75) is 25.9 Å². The predicted molar refractivity (Wildman–Crippen MR) is 81.3 cm³/mol. The fourth-order valence-electron chi connectivity index (χ4n) is 2.54. The Hall–Kier alpha value is -1.76. The van der Waals surface area contributed by atoms with Crippen molar-refractivity contribution >= 4 is 11.7 Å². The van der Waals surface area contributed by atoms with Crippen LogP contribution in [0.1, 0.15) is 25.3 Å². The van der Waals surface area contributed by atoms with Crippen LogP contribution >= 0.6 is 0 Å². The average molecular weight is 330 g/mol. The summed E-state index contributed by atoms with van der Waals surface area (Å²) < 4.78 is 42.9. The first-order valence-electron chi connectivity index (χ1n) is 7.71. The molecule has 1 saturated heterocycles. The van der Waals surface area contributed by atoms with Crippen molar-refractivity contribution in [2.24, 2.45) is 5.92 Å². The van der Waals surface area contributed by atoms with Gasteiger partial charge < -0.3 is 15.0 Å². The summed E-state index contributed by atoms with van der Waals surface area (Å²) in [6.07, 6.45) is -2.53. The SMILES string of the molecule is CCN(CC1CCOCC1)C(=O)Nc1ccc(C(F)(F)F)cc1. The molecule has 1 aromatic carbocycles. The molecule has 2 rings (SSSR count). The van der Waals surface area contributed by atoms with E-state index in [-0.39, 0.29) is 6.03 Å². The third kappa shape index (κ3) is 5.13. The normalized spacial score (nSPS) is 16.2. The van der Waals surface area contributed by atoms with Crippen molar-refractivity contribution in [3.63, 3.8) is 0 Å². The van der Waals surface area contributed by atoms with Crippen molar-refractivity contribution in [3.8, 4) is 0 Å². The largest absolute Gasteiger partial charge is 0.416 e. The highest BCUT2D eigenvalue weighted by atomic mass is 19.4. The number of halogens is 3. The van der Waals surface area contributed by atoms with E-state index in [0.717, 1.165) is 25.0 Å². The highest BCUT2D eigenvalue weighted by molar-refractivity contribution is 5.89. The molecule has 7 heteroatoms. The van der Waals surface area contributed by atoms with Gasteiger partial charge in [0, 0.05) is 32.0 Å². The molecule has 23 heavy (non-hydrogen) atoms. The minimum Gasteiger partial charge on any atom is -0.381 e. The average Bonchev–Trinajstić information content (AvgIpc) is 2.53. The van der Waals surface area contributed by atoms with Crippen LogP contribution in [0.2, 0.25) is 0 Å². The summed E-state index contributed by atoms with van der Waals surface area (Å²) in [5.74, 6) is 0.405. The van der Waals surface area contributed by atoms with E-state index < -0.39 is 11.7 Å². The number of hydrogen-bond acceptors (Lipinski definition) is 2. The quantitative estimate of drug-likeness (QED) is 0.907. The molecule has 0 bridgehead atoms. The maximum absolute atomic E-state index is 12.5. The van der Waals surface area contributed by atoms with Crippen LogP contribution in [0.25, 0.3) is 0 Å². The van der Waals surface area contributed by atoms with E-state index in [9.17, 15) is 18.0 Å². The Kier molecular flexibility index (Phi) is 5.87. The molecule has 1 heterocycles. The Morgan fingerprint density at radius 3 is 2.39 bits per heavy atom. The van der Waals surface area contributed by atoms with Gasteiger partial charge in [-0.3, -0.25) is 0 Å². The van der Waals surface area contributed by atoms with Crippen molar-refractivity contribution < 1.29 is 22.7 Å². The molecule has 2 amide bonds. The Morgan fingerprint density at radius 2 is 1.87 bits per heavy atom. The van der Waals surface area contributed by atoms with Gasteiger partial charge in [0.2, 0.25) is 0 Å². The first kappa shape index (κ1) is 17.6. The molecule has 0 radical (unpaired) electrons. The topological polar surface area (TPSA) is 41.6 Å². The van der Waals surface area contributed by atoms with Crippen LogP contribution in [0.3, 0.4) is 0 Å². The molecule has 1 aliphatic rings. The van der Waals surface area contributed by atoms with E-state index in [0.29, 0.717) is 37.9 Å². The number of urea groups is 1. The molecule has 128 valence electrons. The standard InChI is InChI=1S/C16H21F3N2O2/c1-2-21(11-12-7-9-23-10-8-12)15(22)20-14-5-3-13(4-6-14)16(17,18)19/h3-6,12H,2,7-11H2,1H3,(H,20,22). The number of carbonyl (C=O) groups is 1. The fourth-order valence-corrected chi connectivity index (χ4v) is 2.54. The smallest absolute Gasteiger partial charge is 0.381 e. The summed E-state index contributed by atoms with van der Waals surface area (Å²) in [6.45, 7) is 4.48. The van der Waals surface area contributed by atoms with Gasteiger partial charge in [-0.2, -0.15) is 13.2 Å². The van der Waals surface area contributed by atoms with Crippen LogP contribution in [0.15, 0.2) is 24.3 Å². The van der Waals surface area contributed by atoms with Gasteiger partial charge >= 0.3 is 12.2 Å². The maximum Gasteiger partial charge on any atom is 0.416 e. The van der Waals surface area contributed by atoms with E-state index in [1.807, 2.05) is 6.92 Å². The number of alkyl halides is 3. The van der Waals surface area contributed by atoms with Crippen LogP contribution in [0.4, 0.5) is 23.7 Å². The zero-order valence-electron chi connectivity index (χ0n) is 13.0. The fraction of sp³-hybridized carbons (Fsp3) is 0.562. The third-order valence-corrected chi connectivity index (χ3v) is 3.95. The van der Waals surface area contributed by atoms with Gasteiger partial charge in [0.15, 0.2) is 0 Å². The molecule has 1 aliphatic heterocycles. The number of anilines is 1. The number of carbonyl (C=O) groups excluding carboxylic acids is 1. The number of hydrogen-bond donors (Lipinski definition) is 1. The van der Waals surface area contributed by atoms with Crippen LogP contribution in [0.5, 0.6) is 0 Å². The Morgan fingerprint density at radius 1 is 1.26 bits per heavy atom.